The van der Waals surface area contributed by atoms with E-state index in [1.165, 1.54) is 0 Å². The van der Waals surface area contributed by atoms with E-state index < -0.39 is 17.7 Å². The summed E-state index contributed by atoms with van der Waals surface area (Å²) in [4.78, 5) is 17.3. The van der Waals surface area contributed by atoms with Crippen molar-refractivity contribution in [3.63, 3.8) is 0 Å². The number of carbonyl (C=O) groups is 1. The van der Waals surface area contributed by atoms with E-state index in [0.717, 1.165) is 33.4 Å². The quantitative estimate of drug-likeness (QED) is 0.399. The number of aryl methyl sites for hydroxylation is 3. The summed E-state index contributed by atoms with van der Waals surface area (Å²) in [6.45, 7) is 12.1. The number of hydrogen-bond donors (Lipinski definition) is 1. The molecule has 0 fully saturated rings. The number of aromatic nitrogens is 2. The third-order valence-electron chi connectivity index (χ3n) is 5.75. The smallest absolute Gasteiger partial charge is 0.337 e. The van der Waals surface area contributed by atoms with Crippen LogP contribution in [0.4, 0.5) is 0 Å². The molecule has 0 saturated carbocycles. The molecule has 0 saturated heterocycles. The normalized spacial score (nSPS) is 12.7. The van der Waals surface area contributed by atoms with E-state index in [0.29, 0.717) is 35.7 Å². The summed E-state index contributed by atoms with van der Waals surface area (Å²) in [6.07, 6.45) is -0.0153. The minimum absolute atomic E-state index is 0.458. The molecule has 174 valence electrons. The lowest BCUT2D eigenvalue weighted by atomic mass is 9.91. The number of hydrogen-bond acceptors (Lipinski definition) is 4. The molecule has 1 aromatic carbocycles. The van der Waals surface area contributed by atoms with Gasteiger partial charge in [-0.25, -0.2) is 9.78 Å². The molecule has 0 bridgehead atoms. The number of aliphatic carboxylic acids is 1. The van der Waals surface area contributed by atoms with Crippen molar-refractivity contribution in [1.29, 1.82) is 5.26 Å². The molecule has 3 aromatic rings. The summed E-state index contributed by atoms with van der Waals surface area (Å²) in [6, 6.07) is 9.60. The largest absolute Gasteiger partial charge is 0.479 e. The Bertz CT molecular complexity index is 1230. The molecule has 2 heterocycles. The Morgan fingerprint density at radius 2 is 1.88 bits per heavy atom. The molecule has 0 aliphatic carbocycles. The minimum Gasteiger partial charge on any atom is -0.479 e. The Labute approximate surface area is 199 Å². The zero-order valence-corrected chi connectivity index (χ0v) is 20.7. The number of unbranched alkanes of at least 4 members (excludes halogenated alkanes) is 1. The van der Waals surface area contributed by atoms with E-state index >= 15 is 0 Å². The molecular formula is C26H30ClN3O3. The van der Waals surface area contributed by atoms with Crippen molar-refractivity contribution in [2.24, 2.45) is 0 Å². The van der Waals surface area contributed by atoms with Crippen LogP contribution in [0.15, 0.2) is 24.3 Å². The average Bonchev–Trinajstić information content (AvgIpc) is 2.96. The summed E-state index contributed by atoms with van der Waals surface area (Å²) in [7, 11) is 0. The van der Waals surface area contributed by atoms with Crippen LogP contribution in [0.2, 0.25) is 5.02 Å². The van der Waals surface area contributed by atoms with Crippen LogP contribution in [0.1, 0.15) is 62.2 Å². The van der Waals surface area contributed by atoms with Crippen molar-refractivity contribution in [2.45, 2.75) is 72.6 Å². The van der Waals surface area contributed by atoms with Crippen LogP contribution in [-0.2, 0) is 16.1 Å². The first-order chi connectivity index (χ1) is 15.5. The molecule has 2 aromatic heterocycles. The average molecular weight is 468 g/mol. The van der Waals surface area contributed by atoms with Crippen LogP contribution in [-0.4, -0.2) is 26.2 Å². The number of benzene rings is 1. The van der Waals surface area contributed by atoms with Gasteiger partial charge >= 0.3 is 5.97 Å². The highest BCUT2D eigenvalue weighted by Crippen LogP contribution is 2.42. The van der Waals surface area contributed by atoms with Crippen LogP contribution in [0.3, 0.4) is 0 Å². The maximum absolute atomic E-state index is 12.4. The monoisotopic (exact) mass is 467 g/mol. The summed E-state index contributed by atoms with van der Waals surface area (Å²) < 4.78 is 8.17. The second-order valence-electron chi connectivity index (χ2n) is 9.26. The van der Waals surface area contributed by atoms with Gasteiger partial charge in [-0.3, -0.25) is 0 Å². The standard InChI is InChI=1S/C26H30ClN3O3/c1-15-17(3)30(14-8-7-13-28)24-20(15)22(18-9-11-19(27)12-10-18)21(16(2)29-24)23(25(31)32)33-26(4,5)6/h9-12,23H,7-8,14H2,1-6H3,(H,31,32)/t23-/m0/s1. The van der Waals surface area contributed by atoms with Gasteiger partial charge < -0.3 is 14.4 Å². The molecule has 7 heteroatoms. The van der Waals surface area contributed by atoms with Gasteiger partial charge in [0.25, 0.3) is 0 Å². The van der Waals surface area contributed by atoms with Crippen molar-refractivity contribution < 1.29 is 14.6 Å². The Morgan fingerprint density at radius 3 is 2.42 bits per heavy atom. The number of halogens is 1. The highest BCUT2D eigenvalue weighted by molar-refractivity contribution is 6.30. The topological polar surface area (TPSA) is 88.1 Å². The second kappa shape index (κ2) is 9.54. The lowest BCUT2D eigenvalue weighted by Crippen LogP contribution is -2.28. The first-order valence-electron chi connectivity index (χ1n) is 11.0. The van der Waals surface area contributed by atoms with Gasteiger partial charge in [-0.05, 0) is 71.2 Å². The van der Waals surface area contributed by atoms with Gasteiger partial charge in [-0.2, -0.15) is 5.26 Å². The molecule has 0 amide bonds. The van der Waals surface area contributed by atoms with Gasteiger partial charge in [0.2, 0.25) is 0 Å². The van der Waals surface area contributed by atoms with Gasteiger partial charge in [0.15, 0.2) is 6.10 Å². The predicted molar refractivity (Wildman–Crippen MR) is 130 cm³/mol. The molecule has 0 aliphatic rings. The lowest BCUT2D eigenvalue weighted by Gasteiger charge is -2.28. The maximum Gasteiger partial charge on any atom is 0.337 e. The lowest BCUT2D eigenvalue weighted by molar-refractivity contribution is -0.160. The first kappa shape index (κ1) is 24.8. The number of rotatable bonds is 7. The van der Waals surface area contributed by atoms with Gasteiger partial charge in [-0.15, -0.1) is 0 Å². The fourth-order valence-electron chi connectivity index (χ4n) is 4.21. The molecule has 0 spiro atoms. The summed E-state index contributed by atoms with van der Waals surface area (Å²) in [5.74, 6) is -1.06. The summed E-state index contributed by atoms with van der Waals surface area (Å²) in [5, 5.41) is 20.6. The van der Waals surface area contributed by atoms with Crippen molar-refractivity contribution >= 4 is 28.6 Å². The zero-order valence-electron chi connectivity index (χ0n) is 20.0. The van der Waals surface area contributed by atoms with Crippen molar-refractivity contribution in [3.05, 3.63) is 51.8 Å². The number of carboxylic acid groups (broad SMARTS) is 1. The van der Waals surface area contributed by atoms with Crippen molar-refractivity contribution in [2.75, 3.05) is 0 Å². The number of pyridine rings is 1. The number of nitrogens with zero attached hydrogens (tertiary/aromatic N) is 3. The molecule has 1 N–H and O–H groups in total. The van der Waals surface area contributed by atoms with Crippen LogP contribution in [0, 0.1) is 32.1 Å². The van der Waals surface area contributed by atoms with E-state index in [1.807, 2.05) is 53.7 Å². The van der Waals surface area contributed by atoms with Crippen LogP contribution in [0.25, 0.3) is 22.2 Å². The minimum atomic E-state index is -1.19. The maximum atomic E-state index is 12.4. The zero-order chi connectivity index (χ0) is 24.5. The molecule has 3 rings (SSSR count). The van der Waals surface area contributed by atoms with E-state index in [-0.39, 0.29) is 0 Å². The first-order valence-corrected chi connectivity index (χ1v) is 11.4. The van der Waals surface area contributed by atoms with Crippen LogP contribution >= 0.6 is 11.6 Å². The Balaban J connectivity index is 2.42. The van der Waals surface area contributed by atoms with Gasteiger partial charge in [0.05, 0.1) is 11.7 Å². The number of nitriles is 1. The van der Waals surface area contributed by atoms with Crippen molar-refractivity contribution in [1.82, 2.24) is 9.55 Å². The number of carboxylic acids is 1. The summed E-state index contributed by atoms with van der Waals surface area (Å²) in [5.41, 5.74) is 4.99. The number of ether oxygens (including phenoxy) is 1. The van der Waals surface area contributed by atoms with Gasteiger partial charge in [0, 0.05) is 45.9 Å². The SMILES string of the molecule is Cc1nc2c(c(C)c(C)n2CCCC#N)c(-c2ccc(Cl)cc2)c1[C@H](OC(C)(C)C)C(=O)O. The van der Waals surface area contributed by atoms with E-state index in [1.54, 1.807) is 12.1 Å². The summed E-state index contributed by atoms with van der Waals surface area (Å²) >= 11 is 6.16. The fraction of sp³-hybridized carbons (Fsp3) is 0.423. The predicted octanol–water partition coefficient (Wildman–Crippen LogP) is 6.53. The molecule has 0 unspecified atom stereocenters. The molecule has 6 nitrogen and oxygen atoms in total. The second-order valence-corrected chi connectivity index (χ2v) is 9.70. The van der Waals surface area contributed by atoms with E-state index in [2.05, 4.69) is 10.6 Å². The van der Waals surface area contributed by atoms with Crippen LogP contribution in [0.5, 0.6) is 0 Å². The van der Waals surface area contributed by atoms with Crippen LogP contribution < -0.4 is 0 Å². The number of fused-ring (bicyclic) bond motifs is 1. The Kier molecular flexibility index (Phi) is 7.16. The van der Waals surface area contributed by atoms with Gasteiger partial charge in [0.1, 0.15) is 5.65 Å². The third-order valence-corrected chi connectivity index (χ3v) is 6.00. The molecular weight excluding hydrogens is 438 g/mol. The molecule has 33 heavy (non-hydrogen) atoms. The molecule has 0 radical (unpaired) electrons. The fourth-order valence-corrected chi connectivity index (χ4v) is 4.33. The highest BCUT2D eigenvalue weighted by Gasteiger charge is 2.33. The van der Waals surface area contributed by atoms with E-state index in [4.69, 9.17) is 26.6 Å². The molecule has 0 aliphatic heterocycles. The Morgan fingerprint density at radius 1 is 1.24 bits per heavy atom. The van der Waals surface area contributed by atoms with E-state index in [9.17, 15) is 9.90 Å². The molecule has 1 atom stereocenters. The third kappa shape index (κ3) is 5.05. The van der Waals surface area contributed by atoms with Crippen molar-refractivity contribution in [3.8, 4) is 17.2 Å². The Hall–Kier alpha value is -2.88. The highest BCUT2D eigenvalue weighted by atomic mass is 35.5. The van der Waals surface area contributed by atoms with Gasteiger partial charge in [-0.1, -0.05) is 23.7 Å².